The number of anilines is 1. The van der Waals surface area contributed by atoms with Crippen LogP contribution in [0, 0.1) is 10.1 Å². The number of rotatable bonds is 3. The van der Waals surface area contributed by atoms with Crippen LogP contribution in [0.4, 0.5) is 24.7 Å². The second kappa shape index (κ2) is 4.41. The third kappa shape index (κ3) is 3.17. The molecular formula is C7H7F3N4O3. The number of pyridine rings is 1. The summed E-state index contributed by atoms with van der Waals surface area (Å²) in [6, 6.07) is 0.725. The number of alkyl halides is 3. The van der Waals surface area contributed by atoms with Crippen molar-refractivity contribution in [1.82, 2.24) is 4.98 Å². The van der Waals surface area contributed by atoms with Gasteiger partial charge in [0.1, 0.15) is 0 Å². The number of nitrogens with two attached hydrogens (primary N) is 2. The minimum absolute atomic E-state index is 0.149. The topological polar surface area (TPSA) is 117 Å². The molecule has 1 rings (SSSR count). The average Bonchev–Trinajstić information content (AvgIpc) is 2.13. The lowest BCUT2D eigenvalue weighted by molar-refractivity contribution is -0.390. The Morgan fingerprint density at radius 3 is 2.53 bits per heavy atom. The molecule has 0 aliphatic heterocycles. The van der Waals surface area contributed by atoms with Crippen molar-refractivity contribution in [2.24, 2.45) is 5.73 Å². The van der Waals surface area contributed by atoms with Crippen LogP contribution in [-0.2, 0) is 6.54 Å². The molecule has 0 bridgehead atoms. The van der Waals surface area contributed by atoms with E-state index in [9.17, 15) is 23.3 Å². The van der Waals surface area contributed by atoms with Gasteiger partial charge in [0.15, 0.2) is 0 Å². The maximum Gasteiger partial charge on any atom is 0.575 e. The summed E-state index contributed by atoms with van der Waals surface area (Å²) in [5.41, 5.74) is 10.1. The zero-order valence-electron chi connectivity index (χ0n) is 8.19. The fourth-order valence-electron chi connectivity index (χ4n) is 1.08. The fourth-order valence-corrected chi connectivity index (χ4v) is 1.08. The molecule has 94 valence electrons. The summed E-state index contributed by atoms with van der Waals surface area (Å²) >= 11 is 0. The predicted octanol–water partition coefficient (Wildman–Crippen LogP) is 0.929. The molecule has 4 N–H and O–H groups in total. The van der Waals surface area contributed by atoms with Crippen LogP contribution in [0.5, 0.6) is 5.88 Å². The van der Waals surface area contributed by atoms with Crippen molar-refractivity contribution in [1.29, 1.82) is 0 Å². The summed E-state index contributed by atoms with van der Waals surface area (Å²) in [5.74, 6) is -1.86. The Hall–Kier alpha value is -2.10. The van der Waals surface area contributed by atoms with Crippen molar-refractivity contribution in [3.05, 3.63) is 21.7 Å². The van der Waals surface area contributed by atoms with E-state index < -0.39 is 23.0 Å². The Bertz CT molecular complexity index is 449. The first-order valence-corrected chi connectivity index (χ1v) is 4.14. The number of halogens is 3. The third-order valence-electron chi connectivity index (χ3n) is 1.71. The van der Waals surface area contributed by atoms with E-state index in [-0.39, 0.29) is 17.8 Å². The Kier molecular flexibility index (Phi) is 3.36. The standard InChI is InChI=1S/C7H7F3N4O3/c8-7(9,10)17-5-1-4(12)3(2-11)6(13-5)14(15)16/h1H,2,11H2,(H2,12,13). The van der Waals surface area contributed by atoms with Crippen molar-refractivity contribution in [2.75, 3.05) is 5.73 Å². The smallest absolute Gasteiger partial charge is 0.398 e. The molecule has 17 heavy (non-hydrogen) atoms. The summed E-state index contributed by atoms with van der Waals surface area (Å²) in [6.07, 6.45) is -5.00. The van der Waals surface area contributed by atoms with E-state index >= 15 is 0 Å². The highest BCUT2D eigenvalue weighted by Crippen LogP contribution is 2.29. The van der Waals surface area contributed by atoms with E-state index in [1.807, 2.05) is 0 Å². The molecule has 1 heterocycles. The van der Waals surface area contributed by atoms with Crippen molar-refractivity contribution in [3.63, 3.8) is 0 Å². The normalized spacial score (nSPS) is 11.3. The van der Waals surface area contributed by atoms with Gasteiger partial charge >= 0.3 is 18.1 Å². The molecule has 0 radical (unpaired) electrons. The predicted molar refractivity (Wildman–Crippen MR) is 49.9 cm³/mol. The summed E-state index contributed by atoms with van der Waals surface area (Å²) < 4.78 is 39.1. The van der Waals surface area contributed by atoms with Gasteiger partial charge in [0.25, 0.3) is 0 Å². The molecule has 0 aliphatic rings. The van der Waals surface area contributed by atoms with Crippen molar-refractivity contribution >= 4 is 11.5 Å². The minimum Gasteiger partial charge on any atom is -0.398 e. The Labute approximate surface area is 92.3 Å². The van der Waals surface area contributed by atoms with Gasteiger partial charge in [0, 0.05) is 11.5 Å². The summed E-state index contributed by atoms with van der Waals surface area (Å²) in [5, 5.41) is 10.5. The molecular weight excluding hydrogens is 245 g/mol. The van der Waals surface area contributed by atoms with Crippen LogP contribution in [0.1, 0.15) is 5.56 Å². The number of aromatic nitrogens is 1. The lowest BCUT2D eigenvalue weighted by Gasteiger charge is -2.08. The quantitative estimate of drug-likeness (QED) is 0.610. The zero-order chi connectivity index (χ0) is 13.2. The molecule has 1 aromatic heterocycles. The van der Waals surface area contributed by atoms with E-state index in [0.717, 1.165) is 6.07 Å². The maximum atomic E-state index is 11.9. The Morgan fingerprint density at radius 1 is 1.53 bits per heavy atom. The third-order valence-corrected chi connectivity index (χ3v) is 1.71. The van der Waals surface area contributed by atoms with Gasteiger partial charge in [-0.2, -0.15) is 0 Å². The van der Waals surface area contributed by atoms with Crippen molar-refractivity contribution in [2.45, 2.75) is 12.9 Å². The second-order valence-corrected chi connectivity index (χ2v) is 2.86. The molecule has 10 heteroatoms. The van der Waals surface area contributed by atoms with Crippen LogP contribution in [0.25, 0.3) is 0 Å². The minimum atomic E-state index is -5.00. The largest absolute Gasteiger partial charge is 0.575 e. The van der Waals surface area contributed by atoms with Gasteiger partial charge in [-0.1, -0.05) is 0 Å². The summed E-state index contributed by atoms with van der Waals surface area (Å²) in [4.78, 5) is 12.6. The maximum absolute atomic E-state index is 11.9. The lowest BCUT2D eigenvalue weighted by Crippen LogP contribution is -2.19. The molecule has 0 aliphatic carbocycles. The van der Waals surface area contributed by atoms with Crippen molar-refractivity contribution in [3.8, 4) is 5.88 Å². The SMILES string of the molecule is NCc1c(N)cc(OC(F)(F)F)nc1[N+](=O)[O-]. The molecule has 0 saturated heterocycles. The number of nitrogen functional groups attached to an aromatic ring is 1. The number of nitrogens with zero attached hydrogens (tertiary/aromatic N) is 2. The lowest BCUT2D eigenvalue weighted by atomic mass is 10.2. The van der Waals surface area contributed by atoms with E-state index in [1.54, 1.807) is 0 Å². The van der Waals surface area contributed by atoms with Crippen LogP contribution in [-0.4, -0.2) is 16.3 Å². The highest BCUT2D eigenvalue weighted by Gasteiger charge is 2.35. The van der Waals surface area contributed by atoms with Gasteiger partial charge in [-0.15, -0.1) is 13.2 Å². The second-order valence-electron chi connectivity index (χ2n) is 2.86. The number of nitro groups is 1. The van der Waals surface area contributed by atoms with E-state index in [0.29, 0.717) is 0 Å². The fraction of sp³-hybridized carbons (Fsp3) is 0.286. The summed E-state index contributed by atoms with van der Waals surface area (Å²) in [7, 11) is 0. The molecule has 0 amide bonds. The monoisotopic (exact) mass is 252 g/mol. The first-order valence-electron chi connectivity index (χ1n) is 4.14. The van der Waals surface area contributed by atoms with Gasteiger partial charge in [0.05, 0.1) is 17.3 Å². The molecule has 0 spiro atoms. The van der Waals surface area contributed by atoms with Gasteiger partial charge in [-0.25, -0.2) is 0 Å². The van der Waals surface area contributed by atoms with Crippen LogP contribution < -0.4 is 16.2 Å². The first-order chi connectivity index (χ1) is 7.74. The average molecular weight is 252 g/mol. The van der Waals surface area contributed by atoms with Gasteiger partial charge in [-0.05, 0) is 4.92 Å². The number of hydrogen-bond acceptors (Lipinski definition) is 6. The molecule has 0 unspecified atom stereocenters. The van der Waals surface area contributed by atoms with Crippen LogP contribution in [0.2, 0.25) is 0 Å². The van der Waals surface area contributed by atoms with Crippen LogP contribution in [0.3, 0.4) is 0 Å². The van der Waals surface area contributed by atoms with E-state index in [1.165, 1.54) is 0 Å². The van der Waals surface area contributed by atoms with E-state index in [2.05, 4.69) is 9.72 Å². The van der Waals surface area contributed by atoms with Crippen molar-refractivity contribution < 1.29 is 22.8 Å². The molecule has 0 aromatic carbocycles. The molecule has 0 atom stereocenters. The van der Waals surface area contributed by atoms with Gasteiger partial charge in [-0.3, -0.25) is 0 Å². The first kappa shape index (κ1) is 13.0. The van der Waals surface area contributed by atoms with Gasteiger partial charge in [0.2, 0.25) is 0 Å². The van der Waals surface area contributed by atoms with Gasteiger partial charge < -0.3 is 26.3 Å². The molecule has 1 aromatic rings. The number of hydrogen-bond donors (Lipinski definition) is 2. The van der Waals surface area contributed by atoms with E-state index in [4.69, 9.17) is 11.5 Å². The molecule has 7 nitrogen and oxygen atoms in total. The Morgan fingerprint density at radius 2 is 2.12 bits per heavy atom. The molecule has 0 fully saturated rings. The number of ether oxygens (including phenoxy) is 1. The van der Waals surface area contributed by atoms with Crippen LogP contribution in [0.15, 0.2) is 6.07 Å². The summed E-state index contributed by atoms with van der Waals surface area (Å²) in [6.45, 7) is -0.318. The highest BCUT2D eigenvalue weighted by molar-refractivity contribution is 5.56. The Balaban J connectivity index is 3.25. The van der Waals surface area contributed by atoms with Crippen LogP contribution >= 0.6 is 0 Å². The zero-order valence-corrected chi connectivity index (χ0v) is 8.19. The molecule has 0 saturated carbocycles. The highest BCUT2D eigenvalue weighted by atomic mass is 19.4.